The quantitative estimate of drug-likeness (QED) is 0.483. The summed E-state index contributed by atoms with van der Waals surface area (Å²) in [6.45, 7) is 4.52. The first-order chi connectivity index (χ1) is 11.8. The van der Waals surface area contributed by atoms with Gasteiger partial charge in [-0.15, -0.1) is 0 Å². The van der Waals surface area contributed by atoms with E-state index in [2.05, 4.69) is 74.5 Å². The van der Waals surface area contributed by atoms with Gasteiger partial charge in [-0.2, -0.15) is 0 Å². The number of allylic oxidation sites excluding steroid dienone is 2. The van der Waals surface area contributed by atoms with E-state index in [0.717, 1.165) is 0 Å². The molecule has 2 heterocycles. The van der Waals surface area contributed by atoms with Crippen molar-refractivity contribution in [3.63, 3.8) is 0 Å². The number of rotatable bonds is 2. The molecule has 2 aliphatic heterocycles. The Hall–Kier alpha value is -0.940. The number of hydrogen-bond donors (Lipinski definition) is 0. The Balaban J connectivity index is 1.76. The monoisotopic (exact) mass is 384 g/mol. The molecule has 24 heavy (non-hydrogen) atoms. The van der Waals surface area contributed by atoms with Crippen LogP contribution < -0.4 is 0 Å². The van der Waals surface area contributed by atoms with E-state index in [1.54, 1.807) is 0 Å². The van der Waals surface area contributed by atoms with E-state index < -0.39 is 0 Å². The Labute approximate surface area is 159 Å². The third-order valence-corrected chi connectivity index (χ3v) is 9.62. The van der Waals surface area contributed by atoms with Gasteiger partial charge in [-0.25, -0.2) is 0 Å². The van der Waals surface area contributed by atoms with Gasteiger partial charge in [-0.05, 0) is 36.1 Å². The molecule has 2 aliphatic rings. The summed E-state index contributed by atoms with van der Waals surface area (Å²) in [4.78, 5) is 5.66. The van der Waals surface area contributed by atoms with Gasteiger partial charge in [0, 0.05) is 19.6 Å². The molecule has 2 aromatic carbocycles. The average Bonchev–Trinajstić information content (AvgIpc) is 3.19. The fraction of sp³-hybridized carbons (Fsp3) is 0.100. The molecule has 0 unspecified atom stereocenters. The molecule has 2 aromatic rings. The van der Waals surface area contributed by atoms with E-state index in [1.807, 2.05) is 43.2 Å². The van der Waals surface area contributed by atoms with Crippen LogP contribution in [0.5, 0.6) is 0 Å². The van der Waals surface area contributed by atoms with Gasteiger partial charge in [0.1, 0.15) is 0 Å². The van der Waals surface area contributed by atoms with Crippen LogP contribution in [0.25, 0.3) is 9.81 Å². The molecule has 0 aromatic heterocycles. The van der Waals surface area contributed by atoms with Crippen LogP contribution in [0.15, 0.2) is 81.6 Å². The SMILES string of the molecule is CC1=C(c2ccccc2)SS/C1=C1\SSC(c2ccccc2)=C1C. The topological polar surface area (TPSA) is 0 Å². The van der Waals surface area contributed by atoms with E-state index in [-0.39, 0.29) is 0 Å². The molecule has 0 amide bonds. The van der Waals surface area contributed by atoms with E-state index >= 15 is 0 Å². The highest BCUT2D eigenvalue weighted by Crippen LogP contribution is 2.62. The van der Waals surface area contributed by atoms with Gasteiger partial charge in [0.15, 0.2) is 0 Å². The first kappa shape index (κ1) is 16.5. The minimum atomic E-state index is 1.32. The molecule has 120 valence electrons. The highest BCUT2D eigenvalue weighted by atomic mass is 33.1. The van der Waals surface area contributed by atoms with Gasteiger partial charge < -0.3 is 0 Å². The minimum absolute atomic E-state index is 1.32. The Morgan fingerprint density at radius 1 is 0.458 bits per heavy atom. The van der Waals surface area contributed by atoms with Crippen molar-refractivity contribution in [3.05, 3.63) is 92.7 Å². The van der Waals surface area contributed by atoms with Crippen molar-refractivity contribution in [1.29, 1.82) is 0 Å². The molecule has 4 rings (SSSR count). The first-order valence-corrected chi connectivity index (χ1v) is 12.0. The summed E-state index contributed by atoms with van der Waals surface area (Å²) in [6.07, 6.45) is 0. The maximum Gasteiger partial charge on any atom is 0.0375 e. The molecule has 0 saturated heterocycles. The molecule has 4 heteroatoms. The second-order valence-corrected chi connectivity index (χ2v) is 9.93. The van der Waals surface area contributed by atoms with Crippen LogP contribution in [0, 0.1) is 0 Å². The third kappa shape index (κ3) is 3.01. The smallest absolute Gasteiger partial charge is 0.0375 e. The fourth-order valence-corrected chi connectivity index (χ4v) is 9.18. The lowest BCUT2D eigenvalue weighted by Gasteiger charge is -2.05. The first-order valence-electron chi connectivity index (χ1n) is 7.72. The summed E-state index contributed by atoms with van der Waals surface area (Å²) in [7, 11) is 7.59. The van der Waals surface area contributed by atoms with Crippen molar-refractivity contribution in [2.24, 2.45) is 0 Å². The second kappa shape index (κ2) is 7.12. The molecular weight excluding hydrogens is 368 g/mol. The van der Waals surface area contributed by atoms with Crippen LogP contribution in [-0.4, -0.2) is 0 Å². The second-order valence-electron chi connectivity index (χ2n) is 5.63. The van der Waals surface area contributed by atoms with E-state index in [0.29, 0.717) is 0 Å². The van der Waals surface area contributed by atoms with E-state index in [4.69, 9.17) is 0 Å². The molecular formula is C20H16S4. The Bertz CT molecular complexity index is 788. The fourth-order valence-electron chi connectivity index (χ4n) is 2.75. The Morgan fingerprint density at radius 2 is 0.792 bits per heavy atom. The van der Waals surface area contributed by atoms with Crippen LogP contribution in [0.3, 0.4) is 0 Å². The maximum atomic E-state index is 2.26. The van der Waals surface area contributed by atoms with Crippen molar-refractivity contribution < 1.29 is 0 Å². The van der Waals surface area contributed by atoms with Crippen molar-refractivity contribution in [1.82, 2.24) is 0 Å². The zero-order chi connectivity index (χ0) is 16.5. The van der Waals surface area contributed by atoms with Crippen LogP contribution in [0.2, 0.25) is 0 Å². The molecule has 0 N–H and O–H groups in total. The molecule has 0 saturated carbocycles. The van der Waals surface area contributed by atoms with Crippen LogP contribution in [0.1, 0.15) is 25.0 Å². The van der Waals surface area contributed by atoms with Gasteiger partial charge in [0.25, 0.3) is 0 Å². The Morgan fingerprint density at radius 3 is 1.17 bits per heavy atom. The van der Waals surface area contributed by atoms with Crippen LogP contribution in [-0.2, 0) is 0 Å². The van der Waals surface area contributed by atoms with Gasteiger partial charge >= 0.3 is 0 Å². The molecule has 0 aliphatic carbocycles. The van der Waals surface area contributed by atoms with Crippen LogP contribution in [0.4, 0.5) is 0 Å². The lowest BCUT2D eigenvalue weighted by Crippen LogP contribution is -1.86. The number of benzene rings is 2. The minimum Gasteiger partial charge on any atom is -0.0622 e. The van der Waals surface area contributed by atoms with Gasteiger partial charge in [-0.1, -0.05) is 104 Å². The van der Waals surface area contributed by atoms with Gasteiger partial charge in [0.05, 0.1) is 0 Å². The van der Waals surface area contributed by atoms with Crippen LogP contribution >= 0.6 is 43.2 Å². The van der Waals surface area contributed by atoms with E-state index in [9.17, 15) is 0 Å². The molecule has 0 radical (unpaired) electrons. The summed E-state index contributed by atoms with van der Waals surface area (Å²) < 4.78 is 0. The van der Waals surface area contributed by atoms with Crippen molar-refractivity contribution in [3.8, 4) is 0 Å². The lowest BCUT2D eigenvalue weighted by molar-refractivity contribution is 1.45. The average molecular weight is 385 g/mol. The largest absolute Gasteiger partial charge is 0.0622 e. The predicted octanol–water partition coefficient (Wildman–Crippen LogP) is 7.85. The zero-order valence-electron chi connectivity index (χ0n) is 13.4. The molecule has 0 atom stereocenters. The lowest BCUT2D eigenvalue weighted by atomic mass is 10.1. The normalized spacial score (nSPS) is 21.1. The molecule has 0 nitrogen and oxygen atoms in total. The standard InChI is InChI=1S/C20H16S4/c1-13-17(15-9-5-3-6-10-15)21-23-19(13)20-14(2)18(22-24-20)16-11-7-4-8-12-16/h3-12H,1-2H3/b20-19-. The summed E-state index contributed by atoms with van der Waals surface area (Å²) >= 11 is 0. The summed E-state index contributed by atoms with van der Waals surface area (Å²) in [5, 5.41) is 0. The maximum absolute atomic E-state index is 2.26. The van der Waals surface area contributed by atoms with E-state index in [1.165, 1.54) is 41.9 Å². The molecule has 0 bridgehead atoms. The highest BCUT2D eigenvalue weighted by molar-refractivity contribution is 8.83. The third-order valence-electron chi connectivity index (χ3n) is 4.06. The van der Waals surface area contributed by atoms with Crippen molar-refractivity contribution >= 4 is 53.0 Å². The van der Waals surface area contributed by atoms with Gasteiger partial charge in [-0.3, -0.25) is 0 Å². The predicted molar refractivity (Wildman–Crippen MR) is 115 cm³/mol. The van der Waals surface area contributed by atoms with Crippen molar-refractivity contribution in [2.75, 3.05) is 0 Å². The summed E-state index contributed by atoms with van der Waals surface area (Å²) in [5.74, 6) is 0. The van der Waals surface area contributed by atoms with Gasteiger partial charge in [0.2, 0.25) is 0 Å². The number of hydrogen-bond acceptors (Lipinski definition) is 4. The molecule has 0 fully saturated rings. The summed E-state index contributed by atoms with van der Waals surface area (Å²) in [6, 6.07) is 21.4. The van der Waals surface area contributed by atoms with Crippen molar-refractivity contribution in [2.45, 2.75) is 13.8 Å². The highest BCUT2D eigenvalue weighted by Gasteiger charge is 2.28. The molecule has 0 spiro atoms. The zero-order valence-corrected chi connectivity index (χ0v) is 16.7. The Kier molecular flexibility index (Phi) is 4.90. The summed E-state index contributed by atoms with van der Waals surface area (Å²) in [5.41, 5.74) is 5.47.